The molecule has 1 saturated heterocycles. The van der Waals surface area contributed by atoms with Crippen molar-refractivity contribution in [1.29, 1.82) is 0 Å². The number of ether oxygens (including phenoxy) is 1. The van der Waals surface area contributed by atoms with E-state index in [4.69, 9.17) is 10.5 Å². The predicted molar refractivity (Wildman–Crippen MR) is 115 cm³/mol. The molecule has 0 aliphatic carbocycles. The molecule has 3 heterocycles. The highest BCUT2D eigenvalue weighted by Gasteiger charge is 2.19. The van der Waals surface area contributed by atoms with Gasteiger partial charge in [-0.15, -0.1) is 0 Å². The lowest BCUT2D eigenvalue weighted by Gasteiger charge is -2.34. The Morgan fingerprint density at radius 1 is 0.933 bits per heavy atom. The number of nitrogens with one attached hydrogen (secondary N) is 1. The SMILES string of the molecule is COc1ccccc1Nc1nc(N)nc(CN2CCN(Cc3ccccn3)CC2)n1. The van der Waals surface area contributed by atoms with E-state index in [1.807, 2.05) is 42.6 Å². The van der Waals surface area contributed by atoms with Gasteiger partial charge in [-0.05, 0) is 24.3 Å². The van der Waals surface area contributed by atoms with Crippen LogP contribution in [-0.4, -0.2) is 63.0 Å². The zero-order chi connectivity index (χ0) is 20.8. The van der Waals surface area contributed by atoms with Gasteiger partial charge in [0.15, 0.2) is 0 Å². The van der Waals surface area contributed by atoms with E-state index in [1.165, 1.54) is 0 Å². The molecule has 1 aromatic carbocycles. The lowest BCUT2D eigenvalue weighted by atomic mass is 10.2. The van der Waals surface area contributed by atoms with E-state index in [0.29, 0.717) is 24.1 Å². The van der Waals surface area contributed by atoms with Crippen LogP contribution >= 0.6 is 0 Å². The molecule has 2 aromatic heterocycles. The van der Waals surface area contributed by atoms with Gasteiger partial charge in [0, 0.05) is 38.9 Å². The van der Waals surface area contributed by atoms with Crippen molar-refractivity contribution in [2.45, 2.75) is 13.1 Å². The first-order valence-electron chi connectivity index (χ1n) is 9.94. The molecule has 3 aromatic rings. The van der Waals surface area contributed by atoms with Crippen LogP contribution in [0, 0.1) is 0 Å². The van der Waals surface area contributed by atoms with Gasteiger partial charge in [-0.2, -0.15) is 15.0 Å². The quantitative estimate of drug-likeness (QED) is 0.609. The maximum Gasteiger partial charge on any atom is 0.232 e. The minimum atomic E-state index is 0.200. The first kappa shape index (κ1) is 20.0. The number of nitrogen functional groups attached to an aromatic ring is 1. The molecular formula is C21H26N8O. The molecule has 1 fully saturated rings. The Bertz CT molecular complexity index is 960. The minimum Gasteiger partial charge on any atom is -0.495 e. The van der Waals surface area contributed by atoms with Gasteiger partial charge in [-0.25, -0.2) is 0 Å². The van der Waals surface area contributed by atoms with Crippen molar-refractivity contribution in [2.24, 2.45) is 0 Å². The van der Waals surface area contributed by atoms with Crippen molar-refractivity contribution in [3.05, 3.63) is 60.2 Å². The van der Waals surface area contributed by atoms with Crippen molar-refractivity contribution in [3.63, 3.8) is 0 Å². The van der Waals surface area contributed by atoms with E-state index in [-0.39, 0.29) is 5.95 Å². The van der Waals surface area contributed by atoms with Gasteiger partial charge in [0.05, 0.1) is 25.0 Å². The molecule has 0 unspecified atom stereocenters. The number of nitrogens with zero attached hydrogens (tertiary/aromatic N) is 6. The molecule has 0 saturated carbocycles. The second-order valence-corrected chi connectivity index (χ2v) is 7.13. The Labute approximate surface area is 175 Å². The molecule has 9 nitrogen and oxygen atoms in total. The maximum atomic E-state index is 5.93. The fraction of sp³-hybridized carbons (Fsp3) is 0.333. The number of aromatic nitrogens is 4. The molecule has 30 heavy (non-hydrogen) atoms. The molecule has 156 valence electrons. The Morgan fingerprint density at radius 3 is 2.40 bits per heavy atom. The molecule has 9 heteroatoms. The summed E-state index contributed by atoms with van der Waals surface area (Å²) in [5.41, 5.74) is 7.81. The molecule has 0 radical (unpaired) electrons. The number of hydrogen-bond donors (Lipinski definition) is 2. The Morgan fingerprint density at radius 2 is 1.67 bits per heavy atom. The molecule has 0 spiro atoms. The number of hydrogen-bond acceptors (Lipinski definition) is 9. The van der Waals surface area contributed by atoms with Crippen molar-refractivity contribution in [3.8, 4) is 5.75 Å². The highest BCUT2D eigenvalue weighted by atomic mass is 16.5. The summed E-state index contributed by atoms with van der Waals surface area (Å²) >= 11 is 0. The molecule has 3 N–H and O–H groups in total. The van der Waals surface area contributed by atoms with Crippen LogP contribution < -0.4 is 15.8 Å². The second-order valence-electron chi connectivity index (χ2n) is 7.13. The standard InChI is InChI=1S/C21H26N8O/c1-30-18-8-3-2-7-17(18)24-21-26-19(25-20(22)27-21)15-29-12-10-28(11-13-29)14-16-6-4-5-9-23-16/h2-9H,10-15H2,1H3,(H3,22,24,25,26,27). The molecule has 1 aliphatic heterocycles. The number of methoxy groups -OCH3 is 1. The molecule has 0 atom stereocenters. The monoisotopic (exact) mass is 406 g/mol. The van der Waals surface area contributed by atoms with Crippen LogP contribution in [0.25, 0.3) is 0 Å². The van der Waals surface area contributed by atoms with E-state index < -0.39 is 0 Å². The highest BCUT2D eigenvalue weighted by Crippen LogP contribution is 2.25. The number of nitrogens with two attached hydrogens (primary N) is 1. The van der Waals surface area contributed by atoms with Crippen LogP contribution in [0.3, 0.4) is 0 Å². The van der Waals surface area contributed by atoms with Gasteiger partial charge < -0.3 is 15.8 Å². The summed E-state index contributed by atoms with van der Waals surface area (Å²) < 4.78 is 5.37. The third kappa shape index (κ3) is 5.19. The summed E-state index contributed by atoms with van der Waals surface area (Å²) in [5.74, 6) is 1.97. The number of anilines is 3. The van der Waals surface area contributed by atoms with E-state index in [2.05, 4.69) is 41.1 Å². The van der Waals surface area contributed by atoms with Gasteiger partial charge in [-0.3, -0.25) is 14.8 Å². The number of pyridine rings is 1. The Balaban J connectivity index is 1.36. The van der Waals surface area contributed by atoms with Crippen LogP contribution in [0.1, 0.15) is 11.5 Å². The van der Waals surface area contributed by atoms with E-state index in [9.17, 15) is 0 Å². The summed E-state index contributed by atoms with van der Waals surface area (Å²) in [6.07, 6.45) is 1.84. The third-order valence-corrected chi connectivity index (χ3v) is 4.99. The molecule has 4 rings (SSSR count). The summed E-state index contributed by atoms with van der Waals surface area (Å²) in [6.45, 7) is 5.33. The van der Waals surface area contributed by atoms with Crippen LogP contribution in [0.4, 0.5) is 17.6 Å². The fourth-order valence-corrected chi connectivity index (χ4v) is 3.46. The summed E-state index contributed by atoms with van der Waals surface area (Å²) in [7, 11) is 1.63. The van der Waals surface area contributed by atoms with Crippen molar-refractivity contribution < 1.29 is 4.74 Å². The topological polar surface area (TPSA) is 105 Å². The first-order valence-corrected chi connectivity index (χ1v) is 9.94. The number of rotatable bonds is 7. The zero-order valence-electron chi connectivity index (χ0n) is 17.0. The Hall–Kier alpha value is -3.30. The van der Waals surface area contributed by atoms with Gasteiger partial charge in [0.1, 0.15) is 11.6 Å². The second kappa shape index (κ2) is 9.47. The van der Waals surface area contributed by atoms with Crippen molar-refractivity contribution in [2.75, 3.05) is 44.3 Å². The normalized spacial score (nSPS) is 15.1. The fourth-order valence-electron chi connectivity index (χ4n) is 3.46. The first-order chi connectivity index (χ1) is 14.7. The largest absolute Gasteiger partial charge is 0.495 e. The van der Waals surface area contributed by atoms with Crippen molar-refractivity contribution >= 4 is 17.6 Å². The van der Waals surface area contributed by atoms with E-state index >= 15 is 0 Å². The average molecular weight is 406 g/mol. The zero-order valence-corrected chi connectivity index (χ0v) is 17.0. The molecule has 0 amide bonds. The summed E-state index contributed by atoms with van der Waals surface area (Å²) in [4.78, 5) is 22.2. The lowest BCUT2D eigenvalue weighted by Crippen LogP contribution is -2.45. The van der Waals surface area contributed by atoms with E-state index in [0.717, 1.165) is 44.1 Å². The van der Waals surface area contributed by atoms with Crippen LogP contribution in [0.15, 0.2) is 48.7 Å². The highest BCUT2D eigenvalue weighted by molar-refractivity contribution is 5.62. The predicted octanol–water partition coefficient (Wildman–Crippen LogP) is 1.92. The van der Waals surface area contributed by atoms with E-state index in [1.54, 1.807) is 7.11 Å². The maximum absolute atomic E-state index is 5.93. The van der Waals surface area contributed by atoms with Gasteiger partial charge >= 0.3 is 0 Å². The van der Waals surface area contributed by atoms with Gasteiger partial charge in [-0.1, -0.05) is 18.2 Å². The van der Waals surface area contributed by atoms with Gasteiger partial charge in [0.25, 0.3) is 0 Å². The smallest absolute Gasteiger partial charge is 0.232 e. The van der Waals surface area contributed by atoms with Gasteiger partial charge in [0.2, 0.25) is 11.9 Å². The molecule has 1 aliphatic rings. The number of piperazine rings is 1. The molecular weight excluding hydrogens is 380 g/mol. The molecule has 0 bridgehead atoms. The summed E-state index contributed by atoms with van der Waals surface area (Å²) in [5, 5.41) is 3.18. The Kier molecular flexibility index (Phi) is 6.31. The van der Waals surface area contributed by atoms with Crippen LogP contribution in [-0.2, 0) is 13.1 Å². The van der Waals surface area contributed by atoms with Crippen LogP contribution in [0.5, 0.6) is 5.75 Å². The lowest BCUT2D eigenvalue weighted by molar-refractivity contribution is 0.119. The van der Waals surface area contributed by atoms with Crippen LogP contribution in [0.2, 0.25) is 0 Å². The van der Waals surface area contributed by atoms with Crippen molar-refractivity contribution in [1.82, 2.24) is 29.7 Å². The minimum absolute atomic E-state index is 0.200. The average Bonchev–Trinajstić information content (AvgIpc) is 2.76. The third-order valence-electron chi connectivity index (χ3n) is 4.99. The summed E-state index contributed by atoms with van der Waals surface area (Å²) in [6, 6.07) is 13.6. The number of para-hydroxylation sites is 2. The number of benzene rings is 1.